The van der Waals surface area contributed by atoms with Crippen molar-refractivity contribution in [3.8, 4) is 0 Å². The van der Waals surface area contributed by atoms with Gasteiger partial charge in [0, 0.05) is 12.6 Å². The second-order valence-electron chi connectivity index (χ2n) is 5.75. The second kappa shape index (κ2) is 7.11. The molecule has 16 heavy (non-hydrogen) atoms. The molecule has 0 radical (unpaired) electrons. The number of rotatable bonds is 5. The van der Waals surface area contributed by atoms with Crippen molar-refractivity contribution in [2.45, 2.75) is 65.8 Å². The average molecular weight is 223 g/mol. The first kappa shape index (κ1) is 13.8. The van der Waals surface area contributed by atoms with Crippen LogP contribution in [0.1, 0.15) is 59.8 Å². The Morgan fingerprint density at radius 1 is 1.38 bits per heavy atom. The third-order valence-electron chi connectivity index (χ3n) is 3.64. The van der Waals surface area contributed by atoms with Gasteiger partial charge in [-0.3, -0.25) is 0 Å². The molecule has 0 aromatic heterocycles. The van der Waals surface area contributed by atoms with Crippen molar-refractivity contribution in [1.82, 2.24) is 5.32 Å². The van der Waals surface area contributed by atoms with Gasteiger partial charge in [-0.1, -0.05) is 52.2 Å². The van der Waals surface area contributed by atoms with Gasteiger partial charge < -0.3 is 5.32 Å². The van der Waals surface area contributed by atoms with Gasteiger partial charge in [0.1, 0.15) is 0 Å². The Labute approximate surface area is 102 Å². The molecule has 2 atom stereocenters. The highest BCUT2D eigenvalue weighted by Gasteiger charge is 2.17. The largest absolute Gasteiger partial charge is 0.311 e. The first-order valence-electron chi connectivity index (χ1n) is 7.04. The summed E-state index contributed by atoms with van der Waals surface area (Å²) in [7, 11) is 0. The topological polar surface area (TPSA) is 12.0 Å². The van der Waals surface area contributed by atoms with Crippen LogP contribution >= 0.6 is 0 Å². The minimum Gasteiger partial charge on any atom is -0.311 e. The van der Waals surface area contributed by atoms with Crippen molar-refractivity contribution in [2.24, 2.45) is 11.8 Å². The molecule has 0 heterocycles. The molecule has 1 N–H and O–H groups in total. The van der Waals surface area contributed by atoms with Crippen molar-refractivity contribution < 1.29 is 0 Å². The smallest absolute Gasteiger partial charge is 0.0166 e. The van der Waals surface area contributed by atoms with E-state index in [0.717, 1.165) is 18.4 Å². The van der Waals surface area contributed by atoms with Gasteiger partial charge in [-0.25, -0.2) is 0 Å². The van der Waals surface area contributed by atoms with Gasteiger partial charge in [0.15, 0.2) is 0 Å². The van der Waals surface area contributed by atoms with Crippen LogP contribution in [0.3, 0.4) is 0 Å². The van der Waals surface area contributed by atoms with Crippen LogP contribution in [0.25, 0.3) is 0 Å². The van der Waals surface area contributed by atoms with Crippen molar-refractivity contribution in [3.63, 3.8) is 0 Å². The van der Waals surface area contributed by atoms with Gasteiger partial charge >= 0.3 is 0 Å². The van der Waals surface area contributed by atoms with Gasteiger partial charge in [0.05, 0.1) is 0 Å². The van der Waals surface area contributed by atoms with Crippen molar-refractivity contribution in [1.29, 1.82) is 0 Å². The molecule has 1 rings (SSSR count). The number of hydrogen-bond acceptors (Lipinski definition) is 1. The van der Waals surface area contributed by atoms with Gasteiger partial charge in [0.25, 0.3) is 0 Å². The summed E-state index contributed by atoms with van der Waals surface area (Å²) >= 11 is 0. The molecule has 0 aromatic rings. The SMILES string of the molecule is CCC(=CC1CCCC(C)C1)CNC(C)C. The Bertz CT molecular complexity index is 217. The van der Waals surface area contributed by atoms with Crippen molar-refractivity contribution in [3.05, 3.63) is 11.6 Å². The maximum atomic E-state index is 3.53. The number of allylic oxidation sites excluding steroid dienone is 1. The lowest BCUT2D eigenvalue weighted by Gasteiger charge is -2.25. The molecule has 0 spiro atoms. The molecule has 1 aliphatic carbocycles. The van der Waals surface area contributed by atoms with Crippen LogP contribution in [-0.2, 0) is 0 Å². The monoisotopic (exact) mass is 223 g/mol. The Morgan fingerprint density at radius 3 is 2.69 bits per heavy atom. The number of hydrogen-bond donors (Lipinski definition) is 1. The summed E-state index contributed by atoms with van der Waals surface area (Å²) in [4.78, 5) is 0. The lowest BCUT2D eigenvalue weighted by atomic mass is 9.81. The van der Waals surface area contributed by atoms with E-state index in [2.05, 4.69) is 39.1 Å². The zero-order valence-corrected chi connectivity index (χ0v) is 11.6. The second-order valence-corrected chi connectivity index (χ2v) is 5.75. The lowest BCUT2D eigenvalue weighted by molar-refractivity contribution is 0.323. The predicted molar refractivity (Wildman–Crippen MR) is 72.6 cm³/mol. The van der Waals surface area contributed by atoms with E-state index in [9.17, 15) is 0 Å². The fourth-order valence-electron chi connectivity index (χ4n) is 2.60. The maximum absolute atomic E-state index is 3.53. The van der Waals surface area contributed by atoms with Crippen LogP contribution < -0.4 is 5.32 Å². The fourth-order valence-corrected chi connectivity index (χ4v) is 2.60. The van der Waals surface area contributed by atoms with Crippen LogP contribution in [0.4, 0.5) is 0 Å². The molecule has 0 saturated heterocycles. The fraction of sp³-hybridized carbons (Fsp3) is 0.867. The summed E-state index contributed by atoms with van der Waals surface area (Å²) in [5.41, 5.74) is 1.60. The minimum absolute atomic E-state index is 0.597. The Balaban J connectivity index is 2.43. The molecule has 2 unspecified atom stereocenters. The van der Waals surface area contributed by atoms with Crippen molar-refractivity contribution in [2.75, 3.05) is 6.54 Å². The molecule has 0 amide bonds. The molecular formula is C15H29N. The summed E-state index contributed by atoms with van der Waals surface area (Å²) in [6, 6.07) is 0.597. The molecule has 1 saturated carbocycles. The summed E-state index contributed by atoms with van der Waals surface area (Å²) in [5.74, 6) is 1.79. The van der Waals surface area contributed by atoms with Crippen LogP contribution in [0, 0.1) is 11.8 Å². The summed E-state index contributed by atoms with van der Waals surface area (Å²) in [6.07, 6.45) is 9.45. The van der Waals surface area contributed by atoms with E-state index in [4.69, 9.17) is 0 Å². The number of nitrogens with one attached hydrogen (secondary N) is 1. The molecule has 0 aromatic carbocycles. The minimum atomic E-state index is 0.597. The summed E-state index contributed by atoms with van der Waals surface area (Å²) in [6.45, 7) is 10.2. The molecule has 1 nitrogen and oxygen atoms in total. The summed E-state index contributed by atoms with van der Waals surface area (Å²) in [5, 5.41) is 3.53. The normalized spacial score (nSPS) is 27.4. The first-order valence-corrected chi connectivity index (χ1v) is 7.04. The Kier molecular flexibility index (Phi) is 6.12. The first-order chi connectivity index (χ1) is 7.61. The highest BCUT2D eigenvalue weighted by molar-refractivity contribution is 5.06. The van der Waals surface area contributed by atoms with Crippen LogP contribution in [0.5, 0.6) is 0 Å². The van der Waals surface area contributed by atoms with E-state index in [1.54, 1.807) is 5.57 Å². The van der Waals surface area contributed by atoms with Gasteiger partial charge in [-0.05, 0) is 31.1 Å². The molecule has 1 heteroatoms. The standard InChI is InChI=1S/C15H29N/c1-5-14(11-16-12(2)3)10-15-8-6-7-13(4)9-15/h10,12-13,15-16H,5-9,11H2,1-4H3. The van der Waals surface area contributed by atoms with E-state index in [0.29, 0.717) is 6.04 Å². The molecule has 0 bridgehead atoms. The van der Waals surface area contributed by atoms with E-state index in [1.807, 2.05) is 0 Å². The molecule has 0 aliphatic heterocycles. The van der Waals surface area contributed by atoms with Crippen LogP contribution in [-0.4, -0.2) is 12.6 Å². The Hall–Kier alpha value is -0.300. The molecule has 94 valence electrons. The lowest BCUT2D eigenvalue weighted by Crippen LogP contribution is -2.25. The van der Waals surface area contributed by atoms with Crippen LogP contribution in [0.15, 0.2) is 11.6 Å². The van der Waals surface area contributed by atoms with E-state index in [-0.39, 0.29) is 0 Å². The third-order valence-corrected chi connectivity index (χ3v) is 3.64. The van der Waals surface area contributed by atoms with Crippen molar-refractivity contribution >= 4 is 0 Å². The molecular weight excluding hydrogens is 194 g/mol. The predicted octanol–water partition coefficient (Wildman–Crippen LogP) is 4.15. The Morgan fingerprint density at radius 2 is 2.12 bits per heavy atom. The zero-order valence-electron chi connectivity index (χ0n) is 11.6. The zero-order chi connectivity index (χ0) is 12.0. The quantitative estimate of drug-likeness (QED) is 0.691. The van der Waals surface area contributed by atoms with Gasteiger partial charge in [-0.2, -0.15) is 0 Å². The van der Waals surface area contributed by atoms with E-state index >= 15 is 0 Å². The van der Waals surface area contributed by atoms with Gasteiger partial charge in [-0.15, -0.1) is 0 Å². The third kappa shape index (κ3) is 5.16. The van der Waals surface area contributed by atoms with Gasteiger partial charge in [0.2, 0.25) is 0 Å². The summed E-state index contributed by atoms with van der Waals surface area (Å²) < 4.78 is 0. The highest BCUT2D eigenvalue weighted by Crippen LogP contribution is 2.30. The van der Waals surface area contributed by atoms with E-state index in [1.165, 1.54) is 32.1 Å². The van der Waals surface area contributed by atoms with Crippen LogP contribution in [0.2, 0.25) is 0 Å². The highest BCUT2D eigenvalue weighted by atomic mass is 14.9. The maximum Gasteiger partial charge on any atom is 0.0166 e. The van der Waals surface area contributed by atoms with E-state index < -0.39 is 0 Å². The molecule has 1 aliphatic rings. The average Bonchev–Trinajstić information content (AvgIpc) is 2.24. The molecule has 1 fully saturated rings.